The summed E-state index contributed by atoms with van der Waals surface area (Å²) in [4.78, 5) is 3.55. The van der Waals surface area contributed by atoms with Crippen LogP contribution in [0.5, 0.6) is 0 Å². The molecule has 2 heterocycles. The Kier molecular flexibility index (Phi) is 3.42. The van der Waals surface area contributed by atoms with E-state index in [-0.39, 0.29) is 16.9 Å². The van der Waals surface area contributed by atoms with Crippen molar-refractivity contribution in [2.45, 2.75) is 31.7 Å². The van der Waals surface area contributed by atoms with Crippen molar-refractivity contribution in [1.29, 1.82) is 0 Å². The number of aliphatic hydroxyl groups excluding tert-OH is 1. The van der Waals surface area contributed by atoms with Crippen LogP contribution in [0.25, 0.3) is 0 Å². The third-order valence-corrected chi connectivity index (χ3v) is 4.01. The molecule has 0 aromatic carbocycles. The van der Waals surface area contributed by atoms with Crippen LogP contribution in [0.2, 0.25) is 0 Å². The van der Waals surface area contributed by atoms with E-state index in [9.17, 15) is 18.3 Å². The molecule has 3 unspecified atom stereocenters. The van der Waals surface area contributed by atoms with Gasteiger partial charge in [-0.1, -0.05) is 0 Å². The number of aromatic nitrogens is 1. The Morgan fingerprint density at radius 1 is 1.59 bits per heavy atom. The first kappa shape index (κ1) is 12.8. The SMILES string of the molecule is CC1OCCC1C(O)c1cnc(C(F)(F)F)s1. The van der Waals surface area contributed by atoms with E-state index in [0.29, 0.717) is 24.4 Å². The van der Waals surface area contributed by atoms with Gasteiger partial charge in [0, 0.05) is 18.7 Å². The number of alkyl halides is 3. The summed E-state index contributed by atoms with van der Waals surface area (Å²) in [6.45, 7) is 2.35. The lowest BCUT2D eigenvalue weighted by molar-refractivity contribution is -0.137. The summed E-state index contributed by atoms with van der Waals surface area (Å²) in [5.74, 6) is -0.156. The minimum absolute atomic E-state index is 0.138. The van der Waals surface area contributed by atoms with E-state index in [1.165, 1.54) is 0 Å². The van der Waals surface area contributed by atoms with Gasteiger partial charge in [0.2, 0.25) is 0 Å². The molecule has 0 saturated carbocycles. The molecule has 0 radical (unpaired) electrons. The van der Waals surface area contributed by atoms with E-state index in [0.717, 1.165) is 6.20 Å². The highest BCUT2D eigenvalue weighted by atomic mass is 32.1. The van der Waals surface area contributed by atoms with Crippen LogP contribution in [-0.4, -0.2) is 22.8 Å². The fraction of sp³-hybridized carbons (Fsp3) is 0.700. The average molecular weight is 267 g/mol. The molecule has 2 rings (SSSR count). The van der Waals surface area contributed by atoms with Crippen molar-refractivity contribution in [3.05, 3.63) is 16.1 Å². The van der Waals surface area contributed by atoms with Gasteiger partial charge in [-0.25, -0.2) is 4.98 Å². The molecule has 1 aromatic rings. The molecular weight excluding hydrogens is 255 g/mol. The van der Waals surface area contributed by atoms with Crippen molar-refractivity contribution in [2.24, 2.45) is 5.92 Å². The van der Waals surface area contributed by atoms with E-state index >= 15 is 0 Å². The molecule has 1 saturated heterocycles. The molecule has 0 spiro atoms. The highest BCUT2D eigenvalue weighted by Gasteiger charge is 2.37. The first-order valence-corrected chi connectivity index (χ1v) is 6.04. The first-order valence-electron chi connectivity index (χ1n) is 5.22. The first-order chi connectivity index (χ1) is 7.89. The molecule has 3 nitrogen and oxygen atoms in total. The Labute approximate surface area is 100 Å². The monoisotopic (exact) mass is 267 g/mol. The molecule has 96 valence electrons. The highest BCUT2D eigenvalue weighted by Crippen LogP contribution is 2.39. The van der Waals surface area contributed by atoms with Crippen LogP contribution >= 0.6 is 11.3 Å². The van der Waals surface area contributed by atoms with Crippen LogP contribution in [0, 0.1) is 5.92 Å². The second kappa shape index (κ2) is 4.55. The van der Waals surface area contributed by atoms with Gasteiger partial charge in [-0.05, 0) is 13.3 Å². The minimum Gasteiger partial charge on any atom is -0.387 e. The third kappa shape index (κ3) is 2.61. The van der Waals surface area contributed by atoms with Gasteiger partial charge in [0.25, 0.3) is 0 Å². The molecule has 0 amide bonds. The second-order valence-electron chi connectivity index (χ2n) is 4.04. The molecule has 0 bridgehead atoms. The van der Waals surface area contributed by atoms with E-state index in [4.69, 9.17) is 4.74 Å². The maximum absolute atomic E-state index is 12.4. The van der Waals surface area contributed by atoms with Crippen LogP contribution < -0.4 is 0 Å². The fourth-order valence-electron chi connectivity index (χ4n) is 1.93. The lowest BCUT2D eigenvalue weighted by atomic mass is 9.95. The van der Waals surface area contributed by atoms with Crippen molar-refractivity contribution in [3.8, 4) is 0 Å². The maximum Gasteiger partial charge on any atom is 0.443 e. The van der Waals surface area contributed by atoms with Gasteiger partial charge < -0.3 is 9.84 Å². The van der Waals surface area contributed by atoms with E-state index in [1.807, 2.05) is 6.92 Å². The van der Waals surface area contributed by atoms with Gasteiger partial charge in [0.1, 0.15) is 0 Å². The molecule has 1 aromatic heterocycles. The van der Waals surface area contributed by atoms with Crippen LogP contribution in [0.4, 0.5) is 13.2 Å². The molecule has 1 N–H and O–H groups in total. The number of thiazole rings is 1. The Morgan fingerprint density at radius 3 is 2.76 bits per heavy atom. The smallest absolute Gasteiger partial charge is 0.387 e. The van der Waals surface area contributed by atoms with Gasteiger partial charge in [-0.15, -0.1) is 11.3 Å². The van der Waals surface area contributed by atoms with Crippen LogP contribution in [0.3, 0.4) is 0 Å². The van der Waals surface area contributed by atoms with Gasteiger partial charge in [-0.3, -0.25) is 0 Å². The van der Waals surface area contributed by atoms with Gasteiger partial charge >= 0.3 is 6.18 Å². The molecule has 1 aliphatic heterocycles. The summed E-state index contributed by atoms with van der Waals surface area (Å²) in [5, 5.41) is 9.07. The number of rotatable bonds is 2. The second-order valence-corrected chi connectivity index (χ2v) is 5.10. The molecular formula is C10H12F3NO2S. The number of hydrogen-bond acceptors (Lipinski definition) is 4. The molecule has 1 aliphatic rings. The lowest BCUT2D eigenvalue weighted by Crippen LogP contribution is -2.19. The van der Waals surface area contributed by atoms with Crippen LogP contribution in [0.1, 0.15) is 29.3 Å². The van der Waals surface area contributed by atoms with Crippen molar-refractivity contribution < 1.29 is 23.0 Å². The van der Waals surface area contributed by atoms with Crippen molar-refractivity contribution >= 4 is 11.3 Å². The number of nitrogens with zero attached hydrogens (tertiary/aromatic N) is 1. The largest absolute Gasteiger partial charge is 0.443 e. The standard InChI is InChI=1S/C10H12F3NO2S/c1-5-6(2-3-16-5)8(15)7-4-14-9(17-7)10(11,12)13/h4-6,8,15H,2-3H2,1H3. The van der Waals surface area contributed by atoms with Crippen LogP contribution in [-0.2, 0) is 10.9 Å². The topological polar surface area (TPSA) is 42.4 Å². The molecule has 3 atom stereocenters. The van der Waals surface area contributed by atoms with Crippen molar-refractivity contribution in [3.63, 3.8) is 0 Å². The zero-order valence-corrected chi connectivity index (χ0v) is 9.88. The summed E-state index contributed by atoms with van der Waals surface area (Å²) < 4.78 is 42.4. The third-order valence-electron chi connectivity index (χ3n) is 2.90. The Balaban J connectivity index is 2.14. The summed E-state index contributed by atoms with van der Waals surface area (Å²) in [5.41, 5.74) is 0. The normalized spacial score (nSPS) is 27.4. The Morgan fingerprint density at radius 2 is 2.29 bits per heavy atom. The summed E-state index contributed by atoms with van der Waals surface area (Å²) in [6, 6.07) is 0. The van der Waals surface area contributed by atoms with Gasteiger partial charge in [-0.2, -0.15) is 13.2 Å². The maximum atomic E-state index is 12.4. The van der Waals surface area contributed by atoms with Gasteiger partial charge in [0.05, 0.1) is 17.1 Å². The number of halogens is 3. The Hall–Kier alpha value is -0.660. The van der Waals surface area contributed by atoms with Gasteiger partial charge in [0.15, 0.2) is 5.01 Å². The molecule has 0 aliphatic carbocycles. The minimum atomic E-state index is -4.44. The zero-order valence-electron chi connectivity index (χ0n) is 9.07. The summed E-state index contributed by atoms with van der Waals surface area (Å²) in [6.07, 6.45) is -3.76. The number of ether oxygens (including phenoxy) is 1. The Bertz CT molecular complexity index is 393. The highest BCUT2D eigenvalue weighted by molar-refractivity contribution is 7.11. The van der Waals surface area contributed by atoms with E-state index in [2.05, 4.69) is 4.98 Å². The van der Waals surface area contributed by atoms with Crippen molar-refractivity contribution in [1.82, 2.24) is 4.98 Å². The number of hydrogen-bond donors (Lipinski definition) is 1. The zero-order chi connectivity index (χ0) is 12.6. The van der Waals surface area contributed by atoms with Crippen LogP contribution in [0.15, 0.2) is 6.20 Å². The molecule has 7 heteroatoms. The lowest BCUT2D eigenvalue weighted by Gasteiger charge is -2.19. The molecule has 17 heavy (non-hydrogen) atoms. The predicted molar refractivity (Wildman–Crippen MR) is 55.6 cm³/mol. The summed E-state index contributed by atoms with van der Waals surface area (Å²) in [7, 11) is 0. The van der Waals surface area contributed by atoms with E-state index in [1.54, 1.807) is 0 Å². The van der Waals surface area contributed by atoms with E-state index < -0.39 is 17.3 Å². The van der Waals surface area contributed by atoms with Crippen molar-refractivity contribution in [2.75, 3.05) is 6.61 Å². The predicted octanol–water partition coefficient (Wildman–Crippen LogP) is 2.62. The number of aliphatic hydroxyl groups is 1. The average Bonchev–Trinajstić information content (AvgIpc) is 2.83. The quantitative estimate of drug-likeness (QED) is 0.895. The fourth-order valence-corrected chi connectivity index (χ4v) is 2.77. The summed E-state index contributed by atoms with van der Waals surface area (Å²) >= 11 is 0.495. The molecule has 1 fully saturated rings.